The van der Waals surface area contributed by atoms with Crippen LogP contribution in [0.1, 0.15) is 23.1 Å². The molecule has 1 fully saturated rings. The van der Waals surface area contributed by atoms with Crippen LogP contribution in [0.5, 0.6) is 0 Å². The summed E-state index contributed by atoms with van der Waals surface area (Å²) in [5, 5.41) is 3.73. The summed E-state index contributed by atoms with van der Waals surface area (Å²) in [5.41, 5.74) is 3.87. The number of fused-ring (bicyclic) bond motifs is 3. The van der Waals surface area contributed by atoms with Gasteiger partial charge in [0.2, 0.25) is 0 Å². The van der Waals surface area contributed by atoms with Gasteiger partial charge in [0.25, 0.3) is 5.56 Å². The molecule has 0 amide bonds. The first-order valence-corrected chi connectivity index (χ1v) is 10.6. The third-order valence-corrected chi connectivity index (χ3v) is 6.19. The monoisotopic (exact) mass is 407 g/mol. The van der Waals surface area contributed by atoms with Crippen molar-refractivity contribution in [2.45, 2.75) is 26.3 Å². The fourth-order valence-corrected chi connectivity index (χ4v) is 4.67. The summed E-state index contributed by atoms with van der Waals surface area (Å²) in [6.07, 6.45) is 3.42. The molecular weight excluding hydrogens is 381 g/mol. The minimum atomic E-state index is -0.271. The lowest BCUT2D eigenvalue weighted by Crippen LogP contribution is -2.46. The average molecular weight is 407 g/mol. The topological polar surface area (TPSA) is 64.3 Å². The fraction of sp³-hybridized carbons (Fsp3) is 0.391. The zero-order chi connectivity index (χ0) is 20.7. The van der Waals surface area contributed by atoms with Crippen molar-refractivity contribution in [2.75, 3.05) is 42.9 Å². The maximum Gasteiger partial charge on any atom is 0.253 e. The number of rotatable bonds is 3. The highest BCUT2D eigenvalue weighted by atomic mass is 19.1. The van der Waals surface area contributed by atoms with Gasteiger partial charge in [-0.05, 0) is 49.1 Å². The number of nitrogens with one attached hydrogen (secondary N) is 2. The molecule has 2 aliphatic rings. The quantitative estimate of drug-likeness (QED) is 0.699. The molecule has 0 spiro atoms. The standard InChI is InChI=1S/C23H26FN5O/c1-15-4-2-7-26-22(15)29-10-8-28(9-11-29)14-16-12-18(24)20-19(13-16)27-23(30)17-5-3-6-25-21(17)20/h2,4,7,12-13,25H,3,5-6,8-11,14H2,1H3,(H,27,30). The molecule has 1 aromatic carbocycles. The first-order valence-electron chi connectivity index (χ1n) is 10.6. The van der Waals surface area contributed by atoms with E-state index in [1.165, 1.54) is 5.56 Å². The van der Waals surface area contributed by atoms with E-state index in [9.17, 15) is 4.79 Å². The molecule has 2 aromatic heterocycles. The zero-order valence-corrected chi connectivity index (χ0v) is 17.2. The number of pyridine rings is 2. The second-order valence-electron chi connectivity index (χ2n) is 8.25. The van der Waals surface area contributed by atoms with Crippen LogP contribution >= 0.6 is 0 Å². The van der Waals surface area contributed by atoms with Gasteiger partial charge in [-0.3, -0.25) is 9.69 Å². The minimum Gasteiger partial charge on any atom is -0.384 e. The van der Waals surface area contributed by atoms with Crippen molar-refractivity contribution in [2.24, 2.45) is 0 Å². The van der Waals surface area contributed by atoms with Crippen molar-refractivity contribution in [1.82, 2.24) is 14.9 Å². The fourth-order valence-electron chi connectivity index (χ4n) is 4.67. The van der Waals surface area contributed by atoms with E-state index >= 15 is 4.39 Å². The Balaban J connectivity index is 1.35. The predicted octanol–water partition coefficient (Wildman–Crippen LogP) is 3.05. The Kier molecular flexibility index (Phi) is 4.90. The third-order valence-electron chi connectivity index (χ3n) is 6.19. The van der Waals surface area contributed by atoms with Gasteiger partial charge in [0.05, 0.1) is 16.6 Å². The summed E-state index contributed by atoms with van der Waals surface area (Å²) < 4.78 is 15.1. The highest BCUT2D eigenvalue weighted by molar-refractivity contribution is 5.94. The molecule has 156 valence electrons. The van der Waals surface area contributed by atoms with Gasteiger partial charge in [0.1, 0.15) is 11.6 Å². The van der Waals surface area contributed by atoms with Gasteiger partial charge in [-0.25, -0.2) is 9.37 Å². The summed E-state index contributed by atoms with van der Waals surface area (Å²) >= 11 is 0. The lowest BCUT2D eigenvalue weighted by Gasteiger charge is -2.36. The number of H-pyrrole nitrogens is 1. The number of hydrogen-bond acceptors (Lipinski definition) is 5. The Morgan fingerprint density at radius 2 is 2.03 bits per heavy atom. The molecular formula is C23H26FN5O. The number of benzene rings is 1. The highest BCUT2D eigenvalue weighted by Gasteiger charge is 2.22. The SMILES string of the molecule is Cc1cccnc1N1CCN(Cc2cc(F)c3c4c(c(=O)[nH]c3c2)CCCN4)CC1. The lowest BCUT2D eigenvalue weighted by molar-refractivity contribution is 0.249. The van der Waals surface area contributed by atoms with Crippen LogP contribution in [0.25, 0.3) is 10.9 Å². The van der Waals surface area contributed by atoms with E-state index in [1.54, 1.807) is 6.07 Å². The van der Waals surface area contributed by atoms with Gasteiger partial charge in [-0.2, -0.15) is 0 Å². The Hall–Kier alpha value is -2.93. The Labute approximate surface area is 174 Å². The molecule has 0 radical (unpaired) electrons. The summed E-state index contributed by atoms with van der Waals surface area (Å²) in [5.74, 6) is 0.774. The van der Waals surface area contributed by atoms with Gasteiger partial charge < -0.3 is 15.2 Å². The molecule has 3 aromatic rings. The number of aromatic nitrogens is 2. The van der Waals surface area contributed by atoms with Crippen LogP contribution in [-0.2, 0) is 13.0 Å². The molecule has 30 heavy (non-hydrogen) atoms. The van der Waals surface area contributed by atoms with Gasteiger partial charge in [0.15, 0.2) is 0 Å². The van der Waals surface area contributed by atoms with Gasteiger partial charge in [-0.1, -0.05) is 6.07 Å². The lowest BCUT2D eigenvalue weighted by atomic mass is 10.00. The maximum atomic E-state index is 15.1. The zero-order valence-electron chi connectivity index (χ0n) is 17.2. The van der Waals surface area contributed by atoms with Gasteiger partial charge in [0, 0.05) is 51.0 Å². The maximum absolute atomic E-state index is 15.1. The van der Waals surface area contributed by atoms with Crippen LogP contribution in [0.4, 0.5) is 15.9 Å². The summed E-state index contributed by atoms with van der Waals surface area (Å²) in [4.78, 5) is 24.5. The van der Waals surface area contributed by atoms with E-state index < -0.39 is 0 Å². The third kappa shape index (κ3) is 3.43. The number of anilines is 2. The summed E-state index contributed by atoms with van der Waals surface area (Å²) in [6, 6.07) is 7.58. The molecule has 7 heteroatoms. The van der Waals surface area contributed by atoms with Crippen molar-refractivity contribution < 1.29 is 4.39 Å². The summed E-state index contributed by atoms with van der Waals surface area (Å²) in [7, 11) is 0. The largest absolute Gasteiger partial charge is 0.384 e. The van der Waals surface area contributed by atoms with Crippen molar-refractivity contribution in [3.8, 4) is 0 Å². The van der Waals surface area contributed by atoms with Crippen molar-refractivity contribution in [3.05, 3.63) is 63.3 Å². The number of aryl methyl sites for hydroxylation is 1. The Bertz CT molecular complexity index is 1150. The number of halogens is 1. The summed E-state index contributed by atoms with van der Waals surface area (Å²) in [6.45, 7) is 7.07. The number of piperazine rings is 1. The van der Waals surface area contributed by atoms with Crippen LogP contribution in [0, 0.1) is 12.7 Å². The molecule has 6 nitrogen and oxygen atoms in total. The van der Waals surface area contributed by atoms with E-state index in [0.717, 1.165) is 50.5 Å². The van der Waals surface area contributed by atoms with Crippen molar-refractivity contribution >= 4 is 22.4 Å². The molecule has 0 unspecified atom stereocenters. The van der Waals surface area contributed by atoms with E-state index in [0.29, 0.717) is 35.1 Å². The van der Waals surface area contributed by atoms with Gasteiger partial charge >= 0.3 is 0 Å². The van der Waals surface area contributed by atoms with Crippen LogP contribution in [0.15, 0.2) is 35.3 Å². The first-order chi connectivity index (χ1) is 14.6. The Morgan fingerprint density at radius 1 is 1.20 bits per heavy atom. The molecule has 2 N–H and O–H groups in total. The number of aromatic amines is 1. The molecule has 1 saturated heterocycles. The Morgan fingerprint density at radius 3 is 2.83 bits per heavy atom. The van der Waals surface area contributed by atoms with Crippen LogP contribution in [-0.4, -0.2) is 47.6 Å². The minimum absolute atomic E-state index is 0.111. The van der Waals surface area contributed by atoms with Crippen LogP contribution in [0.2, 0.25) is 0 Å². The number of hydrogen-bond donors (Lipinski definition) is 2. The molecule has 0 aliphatic carbocycles. The molecule has 2 aliphatic heterocycles. The highest BCUT2D eigenvalue weighted by Crippen LogP contribution is 2.30. The smallest absolute Gasteiger partial charge is 0.253 e. The number of nitrogens with zero attached hydrogens (tertiary/aromatic N) is 3. The predicted molar refractivity (Wildman–Crippen MR) is 118 cm³/mol. The van der Waals surface area contributed by atoms with E-state index in [2.05, 4.69) is 38.1 Å². The van der Waals surface area contributed by atoms with E-state index in [1.807, 2.05) is 18.3 Å². The second-order valence-corrected chi connectivity index (χ2v) is 8.25. The average Bonchev–Trinajstić information content (AvgIpc) is 2.75. The normalized spacial score (nSPS) is 17.1. The van der Waals surface area contributed by atoms with Crippen LogP contribution < -0.4 is 15.8 Å². The molecule has 0 bridgehead atoms. The van der Waals surface area contributed by atoms with Crippen molar-refractivity contribution in [1.29, 1.82) is 0 Å². The van der Waals surface area contributed by atoms with Crippen molar-refractivity contribution in [3.63, 3.8) is 0 Å². The second kappa shape index (κ2) is 7.72. The van der Waals surface area contributed by atoms with E-state index in [4.69, 9.17) is 0 Å². The molecule has 5 rings (SSSR count). The molecule has 0 saturated carbocycles. The molecule has 0 atom stereocenters. The van der Waals surface area contributed by atoms with Gasteiger partial charge in [-0.15, -0.1) is 0 Å². The first kappa shape index (κ1) is 19.1. The van der Waals surface area contributed by atoms with Crippen LogP contribution in [0.3, 0.4) is 0 Å². The molecule has 4 heterocycles. The van der Waals surface area contributed by atoms with E-state index in [-0.39, 0.29) is 11.4 Å².